The summed E-state index contributed by atoms with van der Waals surface area (Å²) in [5.74, 6) is 0. The van der Waals surface area contributed by atoms with E-state index in [0.717, 1.165) is 12.1 Å². The van der Waals surface area contributed by atoms with E-state index in [-0.39, 0.29) is 4.90 Å². The first-order valence-electron chi connectivity index (χ1n) is 9.21. The van der Waals surface area contributed by atoms with Gasteiger partial charge in [0.15, 0.2) is 5.11 Å². The second-order valence-electron chi connectivity index (χ2n) is 6.47. The second-order valence-corrected chi connectivity index (χ2v) is 8.84. The standard InChI is InChI=1S/C22H23N3O2S2/c1-3-17-12-14-18(15-13-17)23-22(28)24-19-8-7-11-21(16-19)29(26,27)25(2)20-9-5-4-6-10-20/h4-16H,3H2,1-2H3,(H2,23,24,28). The van der Waals surface area contributed by atoms with Gasteiger partial charge in [0.2, 0.25) is 0 Å². The van der Waals surface area contributed by atoms with Gasteiger partial charge in [-0.2, -0.15) is 0 Å². The molecule has 3 rings (SSSR count). The van der Waals surface area contributed by atoms with E-state index in [9.17, 15) is 8.42 Å². The third kappa shape index (κ3) is 5.13. The van der Waals surface area contributed by atoms with Gasteiger partial charge in [0, 0.05) is 18.4 Å². The van der Waals surface area contributed by atoms with Crippen molar-refractivity contribution in [2.45, 2.75) is 18.2 Å². The predicted molar refractivity (Wildman–Crippen MR) is 124 cm³/mol. The average Bonchev–Trinajstić information content (AvgIpc) is 2.74. The number of thiocarbonyl (C=S) groups is 1. The molecule has 29 heavy (non-hydrogen) atoms. The van der Waals surface area contributed by atoms with Gasteiger partial charge in [-0.25, -0.2) is 8.42 Å². The number of benzene rings is 3. The molecule has 0 spiro atoms. The zero-order valence-electron chi connectivity index (χ0n) is 16.3. The van der Waals surface area contributed by atoms with Crippen LogP contribution in [0.3, 0.4) is 0 Å². The molecule has 3 aromatic rings. The molecule has 0 unspecified atom stereocenters. The summed E-state index contributed by atoms with van der Waals surface area (Å²) in [5, 5.41) is 6.55. The minimum Gasteiger partial charge on any atom is -0.332 e. The molecular formula is C22H23N3O2S2. The molecule has 0 aromatic heterocycles. The van der Waals surface area contributed by atoms with Crippen molar-refractivity contribution in [2.24, 2.45) is 0 Å². The lowest BCUT2D eigenvalue weighted by molar-refractivity contribution is 0.594. The molecule has 2 N–H and O–H groups in total. The Morgan fingerprint density at radius 1 is 0.897 bits per heavy atom. The molecule has 0 heterocycles. The maximum atomic E-state index is 13.0. The van der Waals surface area contributed by atoms with E-state index in [1.165, 1.54) is 16.9 Å². The maximum absolute atomic E-state index is 13.0. The first-order valence-corrected chi connectivity index (χ1v) is 11.1. The summed E-state index contributed by atoms with van der Waals surface area (Å²) in [4.78, 5) is 0.184. The number of nitrogens with zero attached hydrogens (tertiary/aromatic N) is 1. The Balaban J connectivity index is 1.74. The van der Waals surface area contributed by atoms with Crippen LogP contribution in [0.15, 0.2) is 83.8 Å². The number of hydrogen-bond donors (Lipinski definition) is 2. The Bertz CT molecular complexity index is 1080. The average molecular weight is 426 g/mol. The first kappa shape index (κ1) is 20.8. The number of nitrogens with one attached hydrogen (secondary N) is 2. The molecule has 0 fully saturated rings. The van der Waals surface area contributed by atoms with Crippen LogP contribution in [0.5, 0.6) is 0 Å². The molecule has 0 saturated heterocycles. The second kappa shape index (κ2) is 9.07. The summed E-state index contributed by atoms with van der Waals surface area (Å²) < 4.78 is 27.2. The molecule has 0 amide bonds. The van der Waals surface area contributed by atoms with Crippen LogP contribution < -0.4 is 14.9 Å². The van der Waals surface area contributed by atoms with Gasteiger partial charge in [-0.1, -0.05) is 43.3 Å². The van der Waals surface area contributed by atoms with Crippen LogP contribution in [0.2, 0.25) is 0 Å². The van der Waals surface area contributed by atoms with Crippen LogP contribution in [-0.4, -0.2) is 20.6 Å². The maximum Gasteiger partial charge on any atom is 0.264 e. The lowest BCUT2D eigenvalue weighted by atomic mass is 10.1. The van der Waals surface area contributed by atoms with Crippen molar-refractivity contribution in [3.8, 4) is 0 Å². The van der Waals surface area contributed by atoms with Crippen LogP contribution in [0.4, 0.5) is 17.1 Å². The number of hydrogen-bond acceptors (Lipinski definition) is 3. The fraction of sp³-hybridized carbons (Fsp3) is 0.136. The molecule has 0 aliphatic carbocycles. The number of anilines is 3. The molecule has 5 nitrogen and oxygen atoms in total. The molecule has 0 aliphatic heterocycles. The van der Waals surface area contributed by atoms with Gasteiger partial charge < -0.3 is 10.6 Å². The molecule has 3 aromatic carbocycles. The van der Waals surface area contributed by atoms with Crippen LogP contribution in [0, 0.1) is 0 Å². The van der Waals surface area contributed by atoms with E-state index in [0.29, 0.717) is 16.5 Å². The van der Waals surface area contributed by atoms with E-state index in [4.69, 9.17) is 12.2 Å². The topological polar surface area (TPSA) is 61.4 Å². The zero-order chi connectivity index (χ0) is 20.9. The smallest absolute Gasteiger partial charge is 0.264 e. The molecular weight excluding hydrogens is 402 g/mol. The fourth-order valence-corrected chi connectivity index (χ4v) is 4.26. The first-order chi connectivity index (χ1) is 13.9. The van der Waals surface area contributed by atoms with E-state index in [1.54, 1.807) is 48.5 Å². The summed E-state index contributed by atoms with van der Waals surface area (Å²) in [7, 11) is -2.15. The number of para-hydroxylation sites is 1. The number of sulfonamides is 1. The largest absolute Gasteiger partial charge is 0.332 e. The minimum absolute atomic E-state index is 0.184. The van der Waals surface area contributed by atoms with Crippen LogP contribution in [-0.2, 0) is 16.4 Å². The van der Waals surface area contributed by atoms with Crippen LogP contribution in [0.25, 0.3) is 0 Å². The SMILES string of the molecule is CCc1ccc(NC(=S)Nc2cccc(S(=O)(=O)N(C)c3ccccc3)c2)cc1. The molecule has 150 valence electrons. The predicted octanol–water partition coefficient (Wildman–Crippen LogP) is 4.88. The number of aryl methyl sites for hydroxylation is 1. The molecule has 0 bridgehead atoms. The Morgan fingerprint density at radius 3 is 2.21 bits per heavy atom. The van der Waals surface area contributed by atoms with Crippen LogP contribution in [0.1, 0.15) is 12.5 Å². The Labute approximate surface area is 177 Å². The lowest BCUT2D eigenvalue weighted by Gasteiger charge is -2.20. The van der Waals surface area contributed by atoms with Crippen molar-refractivity contribution >= 4 is 44.4 Å². The monoisotopic (exact) mass is 425 g/mol. The third-order valence-corrected chi connectivity index (χ3v) is 6.48. The van der Waals surface area contributed by atoms with Crippen molar-refractivity contribution in [1.29, 1.82) is 0 Å². The summed E-state index contributed by atoms with van der Waals surface area (Å²) >= 11 is 5.36. The highest BCUT2D eigenvalue weighted by molar-refractivity contribution is 7.92. The van der Waals surface area contributed by atoms with Gasteiger partial charge in [-0.05, 0) is 66.7 Å². The normalized spacial score (nSPS) is 11.0. The van der Waals surface area contributed by atoms with Crippen molar-refractivity contribution in [3.05, 3.63) is 84.4 Å². The van der Waals surface area contributed by atoms with E-state index in [1.807, 2.05) is 30.3 Å². The molecule has 0 saturated carbocycles. The van der Waals surface area contributed by atoms with Gasteiger partial charge in [-0.15, -0.1) is 0 Å². The van der Waals surface area contributed by atoms with Gasteiger partial charge in [-0.3, -0.25) is 4.31 Å². The summed E-state index contributed by atoms with van der Waals surface area (Å²) in [6, 6.07) is 23.6. The highest BCUT2D eigenvalue weighted by Gasteiger charge is 2.21. The Morgan fingerprint density at radius 2 is 1.55 bits per heavy atom. The van der Waals surface area contributed by atoms with E-state index < -0.39 is 10.0 Å². The van der Waals surface area contributed by atoms with E-state index >= 15 is 0 Å². The molecule has 0 atom stereocenters. The molecule has 0 radical (unpaired) electrons. The summed E-state index contributed by atoms with van der Waals surface area (Å²) in [6.07, 6.45) is 0.974. The Kier molecular flexibility index (Phi) is 6.51. The Hall–Kier alpha value is -2.90. The van der Waals surface area contributed by atoms with E-state index in [2.05, 4.69) is 17.6 Å². The van der Waals surface area contributed by atoms with Gasteiger partial charge in [0.1, 0.15) is 0 Å². The summed E-state index contributed by atoms with van der Waals surface area (Å²) in [6.45, 7) is 2.10. The van der Waals surface area contributed by atoms with Gasteiger partial charge >= 0.3 is 0 Å². The number of rotatable bonds is 6. The van der Waals surface area contributed by atoms with Gasteiger partial charge in [0.05, 0.1) is 10.6 Å². The van der Waals surface area contributed by atoms with Crippen molar-refractivity contribution in [3.63, 3.8) is 0 Å². The molecule has 0 aliphatic rings. The lowest BCUT2D eigenvalue weighted by Crippen LogP contribution is -2.26. The van der Waals surface area contributed by atoms with Gasteiger partial charge in [0.25, 0.3) is 10.0 Å². The minimum atomic E-state index is -3.69. The van der Waals surface area contributed by atoms with Crippen molar-refractivity contribution in [2.75, 3.05) is 22.0 Å². The highest BCUT2D eigenvalue weighted by Crippen LogP contribution is 2.23. The third-order valence-electron chi connectivity index (χ3n) is 4.49. The fourth-order valence-electron chi connectivity index (χ4n) is 2.79. The van der Waals surface area contributed by atoms with Crippen LogP contribution >= 0.6 is 12.2 Å². The highest BCUT2D eigenvalue weighted by atomic mass is 32.2. The zero-order valence-corrected chi connectivity index (χ0v) is 17.9. The summed E-state index contributed by atoms with van der Waals surface area (Å²) in [5.41, 5.74) is 3.30. The van der Waals surface area contributed by atoms with Crippen molar-refractivity contribution < 1.29 is 8.42 Å². The quantitative estimate of drug-likeness (QED) is 0.551. The van der Waals surface area contributed by atoms with Crippen molar-refractivity contribution in [1.82, 2.24) is 0 Å². The molecule has 7 heteroatoms.